The molecule has 0 aliphatic carbocycles. The van der Waals surface area contributed by atoms with E-state index in [9.17, 15) is 52.7 Å². The molecule has 0 saturated heterocycles. The zero-order valence-electron chi connectivity index (χ0n) is 24.1. The summed E-state index contributed by atoms with van der Waals surface area (Å²) in [4.78, 5) is 0. The second-order valence-corrected chi connectivity index (χ2v) is 10.7. The van der Waals surface area contributed by atoms with Gasteiger partial charge in [-0.1, -0.05) is 36.4 Å². The minimum atomic E-state index is -5.19. The van der Waals surface area contributed by atoms with E-state index < -0.39 is 77.3 Å². The smallest absolute Gasteiger partial charge is 0.396 e. The van der Waals surface area contributed by atoms with Crippen molar-refractivity contribution in [1.82, 2.24) is 29.1 Å². The lowest BCUT2D eigenvalue weighted by Crippen LogP contribution is -2.45. The van der Waals surface area contributed by atoms with E-state index in [1.54, 1.807) is 0 Å². The Hall–Kier alpha value is -5.49. The highest BCUT2D eigenvalue weighted by Crippen LogP contribution is 2.37. The van der Waals surface area contributed by atoms with Crippen LogP contribution in [-0.4, -0.2) is 36.2 Å². The Bertz CT molecular complexity index is 1870. The van der Waals surface area contributed by atoms with Crippen molar-refractivity contribution in [3.63, 3.8) is 0 Å². The quantitative estimate of drug-likeness (QED) is 0.130. The van der Waals surface area contributed by atoms with Crippen molar-refractivity contribution in [2.24, 2.45) is 0 Å². The average molecular weight is 699 g/mol. The van der Waals surface area contributed by atoms with E-state index >= 15 is 0 Å². The van der Waals surface area contributed by atoms with Gasteiger partial charge in [0.2, 0.25) is 0 Å². The lowest BCUT2D eigenvalue weighted by Gasteiger charge is -2.32. The SMILES string of the molecule is Fc1ccc(-c2cc(C(F)(F)F)nn2[BH-](n2nc(C(F)(F)F)cc2-c2ccc(F)cc2)n2nc(C(F)(F)F)cc2-c2ccc(F)cc2)cc1. The van der Waals surface area contributed by atoms with Crippen LogP contribution in [0.5, 0.6) is 0 Å². The summed E-state index contributed by atoms with van der Waals surface area (Å²) >= 11 is 0. The third kappa shape index (κ3) is 6.64. The van der Waals surface area contributed by atoms with Gasteiger partial charge < -0.3 is 13.8 Å². The van der Waals surface area contributed by atoms with Gasteiger partial charge in [-0.3, -0.25) is 0 Å². The molecule has 254 valence electrons. The zero-order chi connectivity index (χ0) is 35.5. The molecule has 6 aromatic rings. The number of rotatable bonds is 6. The Labute approximate surface area is 267 Å². The van der Waals surface area contributed by atoms with Crippen LogP contribution in [0.25, 0.3) is 33.8 Å². The second-order valence-electron chi connectivity index (χ2n) is 10.7. The van der Waals surface area contributed by atoms with Crippen LogP contribution in [-0.2, 0) is 18.5 Å². The van der Waals surface area contributed by atoms with Gasteiger partial charge in [-0.2, -0.15) is 39.5 Å². The Balaban J connectivity index is 1.76. The lowest BCUT2D eigenvalue weighted by atomic mass is 9.90. The van der Waals surface area contributed by atoms with E-state index in [-0.39, 0.29) is 16.7 Å². The summed E-state index contributed by atoms with van der Waals surface area (Å²) in [6.07, 6.45) is -15.6. The maximum absolute atomic E-state index is 14.2. The van der Waals surface area contributed by atoms with E-state index in [0.29, 0.717) is 32.0 Å². The second kappa shape index (κ2) is 11.9. The highest BCUT2D eigenvalue weighted by atomic mass is 19.4. The standard InChI is InChI=1S/C30H16BF12N6/c32-19-7-1-16(2-8-19)22-13-25(28(35,36)37)44-47(22)31(48-23(14-26(45-48)29(38,39)40)17-3-9-20(33)10-4-17)49-24(15-27(46-49)30(41,42)43)18-5-11-21(34)12-6-18/h1-15,31H/q-1. The molecule has 0 unspecified atom stereocenters. The molecule has 0 radical (unpaired) electrons. The van der Waals surface area contributed by atoms with Crippen LogP contribution in [0, 0.1) is 17.5 Å². The molecule has 6 rings (SSSR count). The zero-order valence-corrected chi connectivity index (χ0v) is 24.1. The highest BCUT2D eigenvalue weighted by molar-refractivity contribution is 6.54. The molecule has 3 aromatic heterocycles. The first-order valence-electron chi connectivity index (χ1n) is 13.9. The number of hydrogen-bond donors (Lipinski definition) is 0. The Kier molecular flexibility index (Phi) is 8.11. The van der Waals surface area contributed by atoms with Gasteiger partial charge in [-0.25, -0.2) is 28.5 Å². The predicted octanol–water partition coefficient (Wildman–Crippen LogP) is 8.41. The first kappa shape index (κ1) is 33.4. The van der Waals surface area contributed by atoms with E-state index in [1.807, 2.05) is 0 Å². The fourth-order valence-corrected chi connectivity index (χ4v) is 5.25. The lowest BCUT2D eigenvalue weighted by molar-refractivity contribution is -0.142. The van der Waals surface area contributed by atoms with Crippen molar-refractivity contribution < 1.29 is 52.7 Å². The van der Waals surface area contributed by atoms with Crippen LogP contribution in [0.1, 0.15) is 17.1 Å². The fraction of sp³-hybridized carbons (Fsp3) is 0.100. The number of halogens is 12. The summed E-state index contributed by atoms with van der Waals surface area (Å²) in [6.45, 7) is 0. The van der Waals surface area contributed by atoms with Gasteiger partial charge in [0.1, 0.15) is 17.5 Å². The number of aromatic nitrogens is 6. The molecule has 0 spiro atoms. The van der Waals surface area contributed by atoms with Gasteiger partial charge in [-0.15, -0.1) is 0 Å². The first-order valence-corrected chi connectivity index (χ1v) is 13.9. The third-order valence-corrected chi connectivity index (χ3v) is 7.43. The summed E-state index contributed by atoms with van der Waals surface area (Å²) in [5, 5.41) is 10.8. The minimum Gasteiger partial charge on any atom is -0.396 e. The van der Waals surface area contributed by atoms with Gasteiger partial charge in [0.15, 0.2) is 17.1 Å². The maximum Gasteiger partial charge on any atom is 0.435 e. The molecular weight excluding hydrogens is 683 g/mol. The van der Waals surface area contributed by atoms with Crippen LogP contribution < -0.4 is 0 Å². The van der Waals surface area contributed by atoms with Crippen molar-refractivity contribution in [2.75, 3.05) is 0 Å². The van der Waals surface area contributed by atoms with Crippen molar-refractivity contribution in [1.29, 1.82) is 0 Å². The molecule has 0 aliphatic heterocycles. The Morgan fingerprint density at radius 1 is 0.388 bits per heavy atom. The molecule has 0 saturated carbocycles. The van der Waals surface area contributed by atoms with E-state index in [2.05, 4.69) is 15.3 Å². The summed E-state index contributed by atoms with van der Waals surface area (Å²) in [6, 6.07) is 12.8. The molecule has 0 N–H and O–H groups in total. The number of nitrogens with zero attached hydrogens (tertiary/aromatic N) is 6. The Morgan fingerprint density at radius 2 is 0.612 bits per heavy atom. The minimum absolute atomic E-state index is 0.167. The molecule has 0 aliphatic rings. The van der Waals surface area contributed by atoms with Crippen LogP contribution in [0.4, 0.5) is 52.7 Å². The molecule has 0 amide bonds. The highest BCUT2D eigenvalue weighted by Gasteiger charge is 2.40. The molecule has 49 heavy (non-hydrogen) atoms. The largest absolute Gasteiger partial charge is 0.435 e. The fourth-order valence-electron chi connectivity index (χ4n) is 5.25. The maximum atomic E-state index is 14.2. The monoisotopic (exact) mass is 699 g/mol. The van der Waals surface area contributed by atoms with Crippen molar-refractivity contribution >= 4 is 7.12 Å². The molecule has 6 nitrogen and oxygen atoms in total. The molecule has 0 atom stereocenters. The van der Waals surface area contributed by atoms with E-state index in [1.165, 1.54) is 0 Å². The molecule has 3 heterocycles. The Morgan fingerprint density at radius 3 is 0.816 bits per heavy atom. The molecule has 0 fully saturated rings. The van der Waals surface area contributed by atoms with E-state index in [4.69, 9.17) is 0 Å². The molecule has 19 heteroatoms. The van der Waals surface area contributed by atoms with Crippen LogP contribution in [0.3, 0.4) is 0 Å². The van der Waals surface area contributed by atoms with E-state index in [0.717, 1.165) is 72.8 Å². The van der Waals surface area contributed by atoms with Crippen molar-refractivity contribution in [2.45, 2.75) is 18.5 Å². The number of hydrogen-bond acceptors (Lipinski definition) is 3. The molecule has 0 bridgehead atoms. The van der Waals surface area contributed by atoms with Gasteiger partial charge >= 0.3 is 25.6 Å². The van der Waals surface area contributed by atoms with Gasteiger partial charge in [0.05, 0.1) is 0 Å². The first-order chi connectivity index (χ1) is 22.9. The van der Waals surface area contributed by atoms with Crippen LogP contribution >= 0.6 is 0 Å². The summed E-state index contributed by atoms with van der Waals surface area (Å²) in [7, 11) is -3.63. The number of benzene rings is 3. The van der Waals surface area contributed by atoms with Gasteiger partial charge in [0.25, 0.3) is 0 Å². The van der Waals surface area contributed by atoms with Crippen LogP contribution in [0.15, 0.2) is 91.0 Å². The normalized spacial score (nSPS) is 12.7. The average Bonchev–Trinajstić information content (AvgIpc) is 3.77. The summed E-state index contributed by atoms with van der Waals surface area (Å²) < 4.78 is 171. The molecular formula is C30H16BF12N6-. The van der Waals surface area contributed by atoms with Crippen molar-refractivity contribution in [3.8, 4) is 33.8 Å². The van der Waals surface area contributed by atoms with Gasteiger partial charge in [0, 0.05) is 17.1 Å². The summed E-state index contributed by atoms with van der Waals surface area (Å²) in [5.74, 6) is -2.43. The predicted molar refractivity (Wildman–Crippen MR) is 151 cm³/mol. The topological polar surface area (TPSA) is 53.5 Å². The molecule has 3 aromatic carbocycles. The summed E-state index contributed by atoms with van der Waals surface area (Å²) in [5.41, 5.74) is -6.88. The third-order valence-electron chi connectivity index (χ3n) is 7.43. The van der Waals surface area contributed by atoms with Crippen LogP contribution in [0.2, 0.25) is 0 Å². The number of alkyl halides is 9. The van der Waals surface area contributed by atoms with Crippen molar-refractivity contribution in [3.05, 3.63) is 126 Å². The van der Waals surface area contributed by atoms with Gasteiger partial charge in [-0.05, 0) is 71.3 Å².